The molecule has 0 bridgehead atoms. The molecule has 0 saturated heterocycles. The van der Waals surface area contributed by atoms with Crippen LogP contribution in [0.15, 0.2) is 35.6 Å². The molecular weight excluding hydrogens is 280 g/mol. The van der Waals surface area contributed by atoms with Gasteiger partial charge in [0.25, 0.3) is 5.56 Å². The van der Waals surface area contributed by atoms with Crippen LogP contribution in [-0.4, -0.2) is 30.9 Å². The van der Waals surface area contributed by atoms with Crippen molar-refractivity contribution in [1.82, 2.24) is 24.3 Å². The Kier molecular flexibility index (Phi) is 3.86. The molecule has 0 radical (unpaired) electrons. The molecule has 7 nitrogen and oxygen atoms in total. The topological polar surface area (TPSA) is 77.6 Å². The number of nitrogens with one attached hydrogen (secondary N) is 1. The minimum atomic E-state index is -0.0623. The monoisotopic (exact) mass is 298 g/mol. The average Bonchev–Trinajstić information content (AvgIpc) is 2.87. The lowest BCUT2D eigenvalue weighted by Crippen LogP contribution is -2.25. The third kappa shape index (κ3) is 2.57. The van der Waals surface area contributed by atoms with Crippen LogP contribution in [-0.2, 0) is 20.0 Å². The minimum Gasteiger partial charge on any atom is -0.382 e. The molecule has 1 N–H and O–H groups in total. The van der Waals surface area contributed by atoms with Crippen LogP contribution in [0.3, 0.4) is 0 Å². The van der Waals surface area contributed by atoms with E-state index in [1.165, 1.54) is 0 Å². The van der Waals surface area contributed by atoms with E-state index >= 15 is 0 Å². The van der Waals surface area contributed by atoms with Gasteiger partial charge in [0.05, 0.1) is 17.7 Å². The summed E-state index contributed by atoms with van der Waals surface area (Å²) in [6.07, 6.45) is 5.83. The van der Waals surface area contributed by atoms with Gasteiger partial charge in [-0.3, -0.25) is 19.0 Å². The van der Waals surface area contributed by atoms with Crippen LogP contribution in [0.25, 0.3) is 11.0 Å². The van der Waals surface area contributed by atoms with Crippen LogP contribution >= 0.6 is 0 Å². The summed E-state index contributed by atoms with van der Waals surface area (Å²) in [5, 5.41) is 7.58. The van der Waals surface area contributed by atoms with E-state index in [1.807, 2.05) is 19.1 Å². The molecule has 3 aromatic heterocycles. The quantitative estimate of drug-likeness (QED) is 0.766. The number of rotatable bonds is 5. The van der Waals surface area contributed by atoms with E-state index in [4.69, 9.17) is 0 Å². The molecule has 0 aliphatic heterocycles. The van der Waals surface area contributed by atoms with Crippen molar-refractivity contribution in [2.24, 2.45) is 7.05 Å². The summed E-state index contributed by atoms with van der Waals surface area (Å²) in [5.41, 5.74) is 2.98. The zero-order valence-electron chi connectivity index (χ0n) is 12.7. The van der Waals surface area contributed by atoms with Gasteiger partial charge in [-0.25, -0.2) is 4.98 Å². The molecule has 0 fully saturated rings. The molecule has 0 aliphatic carbocycles. The maximum absolute atomic E-state index is 12.5. The Morgan fingerprint density at radius 2 is 2.23 bits per heavy atom. The lowest BCUT2D eigenvalue weighted by atomic mass is 10.3. The number of hydrogen-bond acceptors (Lipinski definition) is 5. The van der Waals surface area contributed by atoms with Gasteiger partial charge in [-0.2, -0.15) is 5.10 Å². The first kappa shape index (κ1) is 14.2. The van der Waals surface area contributed by atoms with Crippen molar-refractivity contribution < 1.29 is 0 Å². The van der Waals surface area contributed by atoms with Gasteiger partial charge < -0.3 is 5.32 Å². The number of pyridine rings is 1. The fourth-order valence-electron chi connectivity index (χ4n) is 2.45. The normalized spacial score (nSPS) is 11.0. The average molecular weight is 298 g/mol. The van der Waals surface area contributed by atoms with Crippen LogP contribution in [0.2, 0.25) is 0 Å². The highest BCUT2D eigenvalue weighted by atomic mass is 16.1. The summed E-state index contributed by atoms with van der Waals surface area (Å²) in [7, 11) is 1.78. The molecule has 114 valence electrons. The lowest BCUT2D eigenvalue weighted by molar-refractivity contribution is 0.680. The molecule has 3 rings (SSSR count). The third-order valence-electron chi connectivity index (χ3n) is 3.56. The second-order valence-corrected chi connectivity index (χ2v) is 5.03. The number of aryl methyl sites for hydroxylation is 2. The molecule has 3 heterocycles. The Morgan fingerprint density at radius 1 is 1.36 bits per heavy atom. The highest BCUT2D eigenvalue weighted by Crippen LogP contribution is 2.11. The summed E-state index contributed by atoms with van der Waals surface area (Å²) in [6, 6.07) is 3.80. The number of anilines is 1. The molecule has 0 atom stereocenters. The standard InChI is InChI=1S/C15H18N6O/c1-3-12-13-14(20(2)19-12)15(22)21(10-18-13)8-7-17-11-5-4-6-16-9-11/h4-6,9-10,17H,3,7-8H2,1-2H3. The van der Waals surface area contributed by atoms with Gasteiger partial charge >= 0.3 is 0 Å². The number of hydrogen-bond donors (Lipinski definition) is 1. The first-order valence-corrected chi connectivity index (χ1v) is 7.25. The molecule has 0 spiro atoms. The van der Waals surface area contributed by atoms with Gasteiger partial charge in [0, 0.05) is 32.5 Å². The van der Waals surface area contributed by atoms with E-state index < -0.39 is 0 Å². The summed E-state index contributed by atoms with van der Waals surface area (Å²) >= 11 is 0. The first-order valence-electron chi connectivity index (χ1n) is 7.25. The van der Waals surface area contributed by atoms with Crippen LogP contribution < -0.4 is 10.9 Å². The Morgan fingerprint density at radius 3 is 2.95 bits per heavy atom. The lowest BCUT2D eigenvalue weighted by Gasteiger charge is -2.08. The van der Waals surface area contributed by atoms with Gasteiger partial charge in [0.2, 0.25) is 0 Å². The van der Waals surface area contributed by atoms with Crippen molar-refractivity contribution in [3.63, 3.8) is 0 Å². The third-order valence-corrected chi connectivity index (χ3v) is 3.56. The summed E-state index contributed by atoms with van der Waals surface area (Å²) in [5.74, 6) is 0. The van der Waals surface area contributed by atoms with Crippen LogP contribution in [0.1, 0.15) is 12.6 Å². The molecule has 0 saturated carbocycles. The highest BCUT2D eigenvalue weighted by molar-refractivity contribution is 5.76. The van der Waals surface area contributed by atoms with Crippen molar-refractivity contribution >= 4 is 16.7 Å². The molecular formula is C15H18N6O. The second kappa shape index (κ2) is 5.97. The van der Waals surface area contributed by atoms with E-state index in [0.717, 1.165) is 17.8 Å². The Labute approximate surface area is 127 Å². The fourth-order valence-corrected chi connectivity index (χ4v) is 2.45. The van der Waals surface area contributed by atoms with Gasteiger partial charge in [-0.05, 0) is 18.6 Å². The molecule has 3 aromatic rings. The van der Waals surface area contributed by atoms with E-state index in [9.17, 15) is 4.79 Å². The van der Waals surface area contributed by atoms with Crippen LogP contribution in [0, 0.1) is 0 Å². The molecule has 0 aliphatic rings. The van der Waals surface area contributed by atoms with Gasteiger partial charge in [-0.1, -0.05) is 6.92 Å². The molecule has 0 amide bonds. The predicted molar refractivity (Wildman–Crippen MR) is 84.9 cm³/mol. The summed E-state index contributed by atoms with van der Waals surface area (Å²) < 4.78 is 3.22. The SMILES string of the molecule is CCc1nn(C)c2c(=O)n(CCNc3cccnc3)cnc12. The van der Waals surface area contributed by atoms with Crippen molar-refractivity contribution in [3.8, 4) is 0 Å². The Balaban J connectivity index is 1.81. The zero-order chi connectivity index (χ0) is 15.5. The highest BCUT2D eigenvalue weighted by Gasteiger charge is 2.13. The number of aromatic nitrogens is 5. The smallest absolute Gasteiger partial charge is 0.279 e. The van der Waals surface area contributed by atoms with Crippen molar-refractivity contribution in [1.29, 1.82) is 0 Å². The minimum absolute atomic E-state index is 0.0623. The maximum atomic E-state index is 12.5. The van der Waals surface area contributed by atoms with E-state index in [1.54, 1.807) is 35.0 Å². The summed E-state index contributed by atoms with van der Waals surface area (Å²) in [6.45, 7) is 3.16. The summed E-state index contributed by atoms with van der Waals surface area (Å²) in [4.78, 5) is 21.0. The largest absolute Gasteiger partial charge is 0.382 e. The number of nitrogens with zero attached hydrogens (tertiary/aromatic N) is 5. The zero-order valence-corrected chi connectivity index (χ0v) is 12.7. The predicted octanol–water partition coefficient (Wildman–Crippen LogP) is 1.20. The second-order valence-electron chi connectivity index (χ2n) is 5.03. The van der Waals surface area contributed by atoms with Crippen molar-refractivity contribution in [3.05, 3.63) is 46.9 Å². The van der Waals surface area contributed by atoms with Crippen LogP contribution in [0.5, 0.6) is 0 Å². The molecule has 0 unspecified atom stereocenters. The van der Waals surface area contributed by atoms with E-state index in [2.05, 4.69) is 20.4 Å². The fraction of sp³-hybridized carbons (Fsp3) is 0.333. The van der Waals surface area contributed by atoms with Crippen molar-refractivity contribution in [2.45, 2.75) is 19.9 Å². The molecule has 22 heavy (non-hydrogen) atoms. The molecule has 7 heteroatoms. The maximum Gasteiger partial charge on any atom is 0.279 e. The van der Waals surface area contributed by atoms with Gasteiger partial charge in [0.15, 0.2) is 5.52 Å². The van der Waals surface area contributed by atoms with Crippen molar-refractivity contribution in [2.75, 3.05) is 11.9 Å². The Bertz CT molecular complexity index is 836. The first-order chi connectivity index (χ1) is 10.7. The van der Waals surface area contributed by atoms with Gasteiger partial charge in [-0.15, -0.1) is 0 Å². The van der Waals surface area contributed by atoms with E-state index in [0.29, 0.717) is 24.1 Å². The number of fused-ring (bicyclic) bond motifs is 1. The van der Waals surface area contributed by atoms with Crippen LogP contribution in [0.4, 0.5) is 5.69 Å². The molecule has 0 aromatic carbocycles. The van der Waals surface area contributed by atoms with E-state index in [-0.39, 0.29) is 5.56 Å². The van der Waals surface area contributed by atoms with Gasteiger partial charge in [0.1, 0.15) is 5.52 Å². The Hall–Kier alpha value is -2.70.